The lowest BCUT2D eigenvalue weighted by Gasteiger charge is -2.25. The van der Waals surface area contributed by atoms with Crippen LogP contribution in [0.25, 0.3) is 0 Å². The van der Waals surface area contributed by atoms with E-state index in [1.807, 2.05) is 6.08 Å². The molecule has 2 rings (SSSR count). The summed E-state index contributed by atoms with van der Waals surface area (Å²) >= 11 is 0. The first-order chi connectivity index (χ1) is 10.2. The molecular weight excluding hydrogens is 262 g/mol. The predicted molar refractivity (Wildman–Crippen MR) is 86.5 cm³/mol. The Morgan fingerprint density at radius 3 is 2.95 bits per heavy atom. The lowest BCUT2D eigenvalue weighted by Crippen LogP contribution is -2.34. The summed E-state index contributed by atoms with van der Waals surface area (Å²) in [6.07, 6.45) is 10.4. The van der Waals surface area contributed by atoms with E-state index in [1.165, 1.54) is 25.7 Å². The van der Waals surface area contributed by atoms with Crippen molar-refractivity contribution in [3.05, 3.63) is 30.6 Å². The Hall–Kier alpha value is -1.13. The number of rotatable bonds is 9. The number of nitrogens with zero attached hydrogens (tertiary/aromatic N) is 2. The SMILES string of the molecule is C=CC(C)(CNCCOC)Cc1ccn(C2CCCC2)n1. The molecule has 1 heterocycles. The number of ether oxygens (including phenoxy) is 1. The molecule has 4 heteroatoms. The van der Waals surface area contributed by atoms with E-state index >= 15 is 0 Å². The topological polar surface area (TPSA) is 39.1 Å². The number of hydrogen-bond donors (Lipinski definition) is 1. The van der Waals surface area contributed by atoms with Crippen molar-refractivity contribution in [3.8, 4) is 0 Å². The molecule has 4 nitrogen and oxygen atoms in total. The zero-order valence-corrected chi connectivity index (χ0v) is 13.5. The van der Waals surface area contributed by atoms with Crippen LogP contribution in [-0.2, 0) is 11.2 Å². The molecule has 1 aliphatic rings. The molecule has 118 valence electrons. The second-order valence-corrected chi connectivity index (χ2v) is 6.43. The van der Waals surface area contributed by atoms with E-state index in [0.29, 0.717) is 6.04 Å². The molecule has 1 saturated carbocycles. The lowest BCUT2D eigenvalue weighted by atomic mass is 9.85. The van der Waals surface area contributed by atoms with Gasteiger partial charge in [-0.15, -0.1) is 6.58 Å². The second-order valence-electron chi connectivity index (χ2n) is 6.43. The third-order valence-corrected chi connectivity index (χ3v) is 4.45. The summed E-state index contributed by atoms with van der Waals surface area (Å²) in [7, 11) is 1.73. The van der Waals surface area contributed by atoms with E-state index in [1.54, 1.807) is 7.11 Å². The van der Waals surface area contributed by atoms with Gasteiger partial charge in [0.25, 0.3) is 0 Å². The molecule has 0 aliphatic heterocycles. The minimum Gasteiger partial charge on any atom is -0.383 e. The van der Waals surface area contributed by atoms with Crippen molar-refractivity contribution >= 4 is 0 Å². The third kappa shape index (κ3) is 4.68. The highest BCUT2D eigenvalue weighted by atomic mass is 16.5. The van der Waals surface area contributed by atoms with Gasteiger partial charge < -0.3 is 10.1 Å². The molecule has 1 aliphatic carbocycles. The van der Waals surface area contributed by atoms with Gasteiger partial charge in [-0.05, 0) is 18.9 Å². The van der Waals surface area contributed by atoms with Gasteiger partial charge in [-0.25, -0.2) is 0 Å². The summed E-state index contributed by atoms with van der Waals surface area (Å²) in [6, 6.07) is 2.78. The number of methoxy groups -OCH3 is 1. The van der Waals surface area contributed by atoms with E-state index in [0.717, 1.165) is 31.8 Å². The van der Waals surface area contributed by atoms with Gasteiger partial charge in [0.1, 0.15) is 0 Å². The molecule has 1 aromatic heterocycles. The fourth-order valence-corrected chi connectivity index (χ4v) is 3.01. The Labute approximate surface area is 128 Å². The van der Waals surface area contributed by atoms with Gasteiger partial charge in [0, 0.05) is 38.2 Å². The van der Waals surface area contributed by atoms with Crippen LogP contribution in [0.5, 0.6) is 0 Å². The summed E-state index contributed by atoms with van der Waals surface area (Å²) in [4.78, 5) is 0. The predicted octanol–water partition coefficient (Wildman–Crippen LogP) is 2.97. The van der Waals surface area contributed by atoms with E-state index in [-0.39, 0.29) is 5.41 Å². The van der Waals surface area contributed by atoms with Crippen LogP contribution in [0, 0.1) is 5.41 Å². The first-order valence-electron chi connectivity index (χ1n) is 8.04. The fraction of sp³-hybridized carbons (Fsp3) is 0.706. The lowest BCUT2D eigenvalue weighted by molar-refractivity contribution is 0.195. The maximum atomic E-state index is 5.06. The standard InChI is InChI=1S/C17H29N3O/c1-4-17(2,14-18-10-12-21-3)13-15-9-11-20(19-15)16-7-5-6-8-16/h4,9,11,16,18H,1,5-8,10,12-14H2,2-3H3. The minimum atomic E-state index is 0.0304. The van der Waals surface area contributed by atoms with Crippen molar-refractivity contribution in [2.24, 2.45) is 5.41 Å². The molecule has 1 fully saturated rings. The van der Waals surface area contributed by atoms with Crippen molar-refractivity contribution in [3.63, 3.8) is 0 Å². The molecule has 0 saturated heterocycles. The van der Waals surface area contributed by atoms with Crippen LogP contribution in [0.3, 0.4) is 0 Å². The summed E-state index contributed by atoms with van der Waals surface area (Å²) in [5.74, 6) is 0. The van der Waals surface area contributed by atoms with Crippen LogP contribution in [0.1, 0.15) is 44.3 Å². The highest BCUT2D eigenvalue weighted by Gasteiger charge is 2.23. The smallest absolute Gasteiger partial charge is 0.0633 e. The molecule has 0 amide bonds. The third-order valence-electron chi connectivity index (χ3n) is 4.45. The Kier molecular flexibility index (Phi) is 6.00. The molecule has 0 bridgehead atoms. The van der Waals surface area contributed by atoms with Gasteiger partial charge in [-0.1, -0.05) is 25.8 Å². The first kappa shape index (κ1) is 16.2. The zero-order chi connectivity index (χ0) is 15.1. The Morgan fingerprint density at radius 2 is 2.29 bits per heavy atom. The summed E-state index contributed by atoms with van der Waals surface area (Å²) in [5.41, 5.74) is 1.20. The van der Waals surface area contributed by atoms with Crippen molar-refractivity contribution in [1.82, 2.24) is 15.1 Å². The molecular formula is C17H29N3O. The molecule has 0 spiro atoms. The average molecular weight is 291 g/mol. The number of nitrogens with one attached hydrogen (secondary N) is 1. The van der Waals surface area contributed by atoms with Gasteiger partial charge in [-0.2, -0.15) is 5.10 Å². The monoisotopic (exact) mass is 291 g/mol. The molecule has 21 heavy (non-hydrogen) atoms. The Morgan fingerprint density at radius 1 is 1.52 bits per heavy atom. The minimum absolute atomic E-state index is 0.0304. The van der Waals surface area contributed by atoms with Gasteiger partial charge in [-0.3, -0.25) is 4.68 Å². The highest BCUT2D eigenvalue weighted by Crippen LogP contribution is 2.29. The van der Waals surface area contributed by atoms with Crippen LogP contribution in [0.4, 0.5) is 0 Å². The maximum absolute atomic E-state index is 5.06. The normalized spacial score (nSPS) is 18.8. The van der Waals surface area contributed by atoms with E-state index in [9.17, 15) is 0 Å². The van der Waals surface area contributed by atoms with E-state index in [2.05, 4.69) is 35.8 Å². The van der Waals surface area contributed by atoms with Crippen LogP contribution < -0.4 is 5.32 Å². The first-order valence-corrected chi connectivity index (χ1v) is 8.04. The summed E-state index contributed by atoms with van der Waals surface area (Å²) in [6.45, 7) is 8.75. The van der Waals surface area contributed by atoms with Gasteiger partial charge in [0.15, 0.2) is 0 Å². The zero-order valence-electron chi connectivity index (χ0n) is 13.5. The summed E-state index contributed by atoms with van der Waals surface area (Å²) < 4.78 is 7.24. The molecule has 1 N–H and O–H groups in total. The number of hydrogen-bond acceptors (Lipinski definition) is 3. The van der Waals surface area contributed by atoms with Crippen LogP contribution in [-0.4, -0.2) is 36.6 Å². The van der Waals surface area contributed by atoms with Crippen LogP contribution in [0.2, 0.25) is 0 Å². The quantitative estimate of drug-likeness (QED) is 0.561. The van der Waals surface area contributed by atoms with Crippen LogP contribution >= 0.6 is 0 Å². The van der Waals surface area contributed by atoms with E-state index < -0.39 is 0 Å². The fourth-order valence-electron chi connectivity index (χ4n) is 3.01. The van der Waals surface area contributed by atoms with Gasteiger partial charge >= 0.3 is 0 Å². The average Bonchev–Trinajstić information content (AvgIpc) is 3.14. The second kappa shape index (κ2) is 7.76. The van der Waals surface area contributed by atoms with E-state index in [4.69, 9.17) is 9.84 Å². The Balaban J connectivity index is 1.89. The summed E-state index contributed by atoms with van der Waals surface area (Å²) in [5, 5.41) is 8.22. The van der Waals surface area contributed by atoms with Gasteiger partial charge in [0.05, 0.1) is 18.3 Å². The van der Waals surface area contributed by atoms with Crippen molar-refractivity contribution < 1.29 is 4.74 Å². The van der Waals surface area contributed by atoms with Crippen molar-refractivity contribution in [2.75, 3.05) is 26.8 Å². The van der Waals surface area contributed by atoms with Gasteiger partial charge in [0.2, 0.25) is 0 Å². The number of aromatic nitrogens is 2. The Bertz CT molecular complexity index is 437. The molecule has 1 aromatic rings. The largest absolute Gasteiger partial charge is 0.383 e. The highest BCUT2D eigenvalue weighted by molar-refractivity contribution is 5.08. The molecule has 1 unspecified atom stereocenters. The van der Waals surface area contributed by atoms with Crippen molar-refractivity contribution in [1.29, 1.82) is 0 Å². The molecule has 1 atom stereocenters. The molecule has 0 radical (unpaired) electrons. The molecule has 0 aromatic carbocycles. The maximum Gasteiger partial charge on any atom is 0.0633 e. The van der Waals surface area contributed by atoms with Crippen LogP contribution in [0.15, 0.2) is 24.9 Å². The van der Waals surface area contributed by atoms with Crippen molar-refractivity contribution in [2.45, 2.75) is 45.1 Å².